The zero-order chi connectivity index (χ0) is 9.84. The Morgan fingerprint density at radius 1 is 1.62 bits per heavy atom. The van der Waals surface area contributed by atoms with Crippen molar-refractivity contribution in [3.63, 3.8) is 0 Å². The smallest absolute Gasteiger partial charge is 0.293 e. The molecule has 0 spiro atoms. The predicted molar refractivity (Wildman–Crippen MR) is 50.8 cm³/mol. The van der Waals surface area contributed by atoms with E-state index >= 15 is 0 Å². The maximum Gasteiger partial charge on any atom is 0.293 e. The van der Waals surface area contributed by atoms with Crippen LogP contribution in [0, 0.1) is 11.8 Å². The van der Waals surface area contributed by atoms with E-state index in [-0.39, 0.29) is 11.1 Å². The van der Waals surface area contributed by atoms with E-state index in [1.807, 2.05) is 0 Å². The van der Waals surface area contributed by atoms with Crippen molar-refractivity contribution in [2.45, 2.75) is 0 Å². The van der Waals surface area contributed by atoms with Crippen molar-refractivity contribution in [3.8, 4) is 11.8 Å². The fourth-order valence-electron chi connectivity index (χ4n) is 0.679. The van der Waals surface area contributed by atoms with Crippen molar-refractivity contribution in [1.29, 1.82) is 0 Å². The Hall–Kier alpha value is -1.54. The fourth-order valence-corrected chi connectivity index (χ4v) is 1.02. The fraction of sp³-hybridized carbons (Fsp3) is 0. The van der Waals surface area contributed by atoms with Crippen LogP contribution in [0.1, 0.15) is 5.56 Å². The molecule has 13 heavy (non-hydrogen) atoms. The molecule has 0 aromatic carbocycles. The molecule has 0 radical (unpaired) electrons. The van der Waals surface area contributed by atoms with Gasteiger partial charge in [-0.25, -0.2) is 0 Å². The van der Waals surface area contributed by atoms with E-state index in [2.05, 4.69) is 32.8 Å². The average molecular weight is 241 g/mol. The Bertz CT molecular complexity index is 453. The molecule has 66 valence electrons. The molecule has 0 fully saturated rings. The van der Waals surface area contributed by atoms with Crippen LogP contribution in [0.5, 0.6) is 0 Å². The normalized spacial score (nSPS) is 8.69. The molecule has 0 saturated carbocycles. The van der Waals surface area contributed by atoms with Gasteiger partial charge in [0, 0.05) is 16.6 Å². The number of rotatable bonds is 0. The first kappa shape index (κ1) is 9.55. The topological polar surface area (TPSA) is 76.0 Å². The molecule has 5 heteroatoms. The van der Waals surface area contributed by atoms with Gasteiger partial charge in [-0.3, -0.25) is 9.59 Å². The zero-order valence-electron chi connectivity index (χ0n) is 6.43. The van der Waals surface area contributed by atoms with Crippen molar-refractivity contribution in [2.75, 3.05) is 0 Å². The van der Waals surface area contributed by atoms with Crippen LogP contribution in [0.15, 0.2) is 21.5 Å². The molecule has 3 N–H and O–H groups in total. The summed E-state index contributed by atoms with van der Waals surface area (Å²) < 4.78 is 0.681. The number of pyridine rings is 1. The number of aromatic nitrogens is 1. The minimum Gasteiger partial charge on any atom is -0.359 e. The van der Waals surface area contributed by atoms with Gasteiger partial charge < -0.3 is 10.7 Å². The molecular weight excluding hydrogens is 236 g/mol. The number of hydrogen-bond donors (Lipinski definition) is 2. The molecule has 0 aliphatic carbocycles. The zero-order valence-corrected chi connectivity index (χ0v) is 8.01. The van der Waals surface area contributed by atoms with Crippen LogP contribution in [0.4, 0.5) is 0 Å². The van der Waals surface area contributed by atoms with E-state index in [9.17, 15) is 9.59 Å². The van der Waals surface area contributed by atoms with Gasteiger partial charge in [0.2, 0.25) is 0 Å². The van der Waals surface area contributed by atoms with Gasteiger partial charge in [0.1, 0.15) is 0 Å². The van der Waals surface area contributed by atoms with Gasteiger partial charge >= 0.3 is 0 Å². The van der Waals surface area contributed by atoms with Crippen LogP contribution < -0.4 is 11.3 Å². The number of amides is 1. The lowest BCUT2D eigenvalue weighted by Gasteiger charge is -1.89. The van der Waals surface area contributed by atoms with E-state index < -0.39 is 5.91 Å². The third-order valence-corrected chi connectivity index (χ3v) is 1.65. The van der Waals surface area contributed by atoms with Crippen LogP contribution >= 0.6 is 15.9 Å². The number of hydrogen-bond acceptors (Lipinski definition) is 2. The highest BCUT2D eigenvalue weighted by atomic mass is 79.9. The predicted octanol–water partition coefficient (Wildman–Crippen LogP) is -0.0258. The SMILES string of the molecule is NC(=O)C#Cc1cc(Br)c[nH]c1=O. The van der Waals surface area contributed by atoms with Crippen LogP contribution in [-0.2, 0) is 4.79 Å². The minimum absolute atomic E-state index is 0.202. The molecule has 0 saturated heterocycles. The summed E-state index contributed by atoms with van der Waals surface area (Å²) in [4.78, 5) is 23.8. The van der Waals surface area contributed by atoms with Crippen LogP contribution in [-0.4, -0.2) is 10.9 Å². The van der Waals surface area contributed by atoms with E-state index in [1.54, 1.807) is 0 Å². The summed E-state index contributed by atoms with van der Waals surface area (Å²) in [6.45, 7) is 0. The summed E-state index contributed by atoms with van der Waals surface area (Å²) in [5, 5.41) is 0. The van der Waals surface area contributed by atoms with Gasteiger partial charge in [0.05, 0.1) is 5.56 Å². The summed E-state index contributed by atoms with van der Waals surface area (Å²) >= 11 is 3.15. The lowest BCUT2D eigenvalue weighted by Crippen LogP contribution is -2.10. The number of primary amides is 1. The average Bonchev–Trinajstić information content (AvgIpc) is 2.06. The van der Waals surface area contributed by atoms with E-state index in [0.29, 0.717) is 4.47 Å². The third-order valence-electron chi connectivity index (χ3n) is 1.19. The Morgan fingerprint density at radius 2 is 2.31 bits per heavy atom. The van der Waals surface area contributed by atoms with Gasteiger partial charge in [-0.1, -0.05) is 5.92 Å². The molecular formula is C8H5BrN2O2. The van der Waals surface area contributed by atoms with E-state index in [1.165, 1.54) is 12.3 Å². The number of nitrogens with one attached hydrogen (secondary N) is 1. The summed E-state index contributed by atoms with van der Waals surface area (Å²) in [7, 11) is 0. The molecule has 1 amide bonds. The van der Waals surface area contributed by atoms with Crippen molar-refractivity contribution in [1.82, 2.24) is 4.98 Å². The summed E-state index contributed by atoms with van der Waals surface area (Å²) in [6.07, 6.45) is 1.48. The number of H-pyrrole nitrogens is 1. The van der Waals surface area contributed by atoms with E-state index in [0.717, 1.165) is 0 Å². The highest BCUT2D eigenvalue weighted by Gasteiger charge is 1.95. The van der Waals surface area contributed by atoms with Crippen molar-refractivity contribution < 1.29 is 4.79 Å². The Morgan fingerprint density at radius 3 is 2.92 bits per heavy atom. The van der Waals surface area contributed by atoms with Gasteiger partial charge in [0.15, 0.2) is 0 Å². The standard InChI is InChI=1S/C8H5BrN2O2/c9-6-3-5(1-2-7(10)12)8(13)11-4-6/h3-4H,(H2,10,12)(H,11,13). The van der Waals surface area contributed by atoms with Gasteiger partial charge in [-0.2, -0.15) is 0 Å². The highest BCUT2D eigenvalue weighted by molar-refractivity contribution is 9.10. The lowest BCUT2D eigenvalue weighted by molar-refractivity contribution is -0.112. The van der Waals surface area contributed by atoms with Crippen LogP contribution in [0.25, 0.3) is 0 Å². The molecule has 0 aliphatic heterocycles. The minimum atomic E-state index is -0.764. The maximum absolute atomic E-state index is 11.1. The Kier molecular flexibility index (Phi) is 2.88. The van der Waals surface area contributed by atoms with Crippen molar-refractivity contribution in [2.24, 2.45) is 5.73 Å². The van der Waals surface area contributed by atoms with Crippen LogP contribution in [0.3, 0.4) is 0 Å². The molecule has 0 atom stereocenters. The van der Waals surface area contributed by atoms with Crippen molar-refractivity contribution in [3.05, 3.63) is 32.7 Å². The first-order chi connectivity index (χ1) is 6.09. The highest BCUT2D eigenvalue weighted by Crippen LogP contribution is 2.05. The number of halogens is 1. The number of nitrogens with two attached hydrogens (primary N) is 1. The van der Waals surface area contributed by atoms with E-state index in [4.69, 9.17) is 5.73 Å². The van der Waals surface area contributed by atoms with Gasteiger partial charge in [-0.05, 0) is 22.0 Å². The lowest BCUT2D eigenvalue weighted by atomic mass is 10.3. The number of carbonyl (C=O) groups excluding carboxylic acids is 1. The summed E-state index contributed by atoms with van der Waals surface area (Å²) in [5.41, 5.74) is 4.64. The molecule has 1 aromatic rings. The van der Waals surface area contributed by atoms with Crippen molar-refractivity contribution >= 4 is 21.8 Å². The van der Waals surface area contributed by atoms with Gasteiger partial charge in [-0.15, -0.1) is 0 Å². The monoisotopic (exact) mass is 240 g/mol. The summed E-state index contributed by atoms with van der Waals surface area (Å²) in [5.74, 6) is 3.67. The molecule has 0 unspecified atom stereocenters. The first-order valence-corrected chi connectivity index (χ1v) is 4.08. The molecule has 0 bridgehead atoms. The largest absolute Gasteiger partial charge is 0.359 e. The summed E-state index contributed by atoms with van der Waals surface area (Å²) in [6, 6.07) is 1.51. The molecule has 1 aromatic heterocycles. The number of carbonyl (C=O) groups is 1. The molecule has 1 rings (SSSR count). The van der Waals surface area contributed by atoms with Gasteiger partial charge in [0.25, 0.3) is 11.5 Å². The number of aromatic amines is 1. The second-order valence-electron chi connectivity index (χ2n) is 2.17. The first-order valence-electron chi connectivity index (χ1n) is 3.29. The quantitative estimate of drug-likeness (QED) is 0.626. The molecule has 1 heterocycles. The maximum atomic E-state index is 11.1. The second kappa shape index (κ2) is 3.92. The second-order valence-corrected chi connectivity index (χ2v) is 3.09. The van der Waals surface area contributed by atoms with Crippen LogP contribution in [0.2, 0.25) is 0 Å². The Labute approximate surface area is 82.3 Å². The molecule has 0 aliphatic rings. The third kappa shape index (κ3) is 2.76. The molecule has 4 nitrogen and oxygen atoms in total. The Balaban J connectivity index is 3.17.